The molecule has 1 heterocycles. The van der Waals surface area contributed by atoms with E-state index in [4.69, 9.17) is 0 Å². The number of ketones is 1. The van der Waals surface area contributed by atoms with Gasteiger partial charge in [0, 0.05) is 12.7 Å². The Bertz CT molecular complexity index is 563. The molecule has 1 N–H and O–H groups in total. The zero-order valence-corrected chi connectivity index (χ0v) is 10.5. The summed E-state index contributed by atoms with van der Waals surface area (Å²) in [6, 6.07) is 5.17. The number of hydrogen-bond donors (Lipinski definition) is 1. The maximum absolute atomic E-state index is 11.5. The molecular weight excluding hydrogens is 250 g/mol. The number of benzene rings is 1. The van der Waals surface area contributed by atoms with Gasteiger partial charge in [0.25, 0.3) is 11.7 Å². The van der Waals surface area contributed by atoms with Gasteiger partial charge in [-0.2, -0.15) is 0 Å². The predicted octanol–water partition coefficient (Wildman–Crippen LogP) is 2.11. The lowest BCUT2D eigenvalue weighted by molar-refractivity contribution is -0.112. The van der Waals surface area contributed by atoms with E-state index in [0.29, 0.717) is 17.0 Å². The molecule has 1 aromatic rings. The Morgan fingerprint density at radius 2 is 2.17 bits per heavy atom. The highest BCUT2D eigenvalue weighted by molar-refractivity contribution is 8.13. The van der Waals surface area contributed by atoms with Crippen molar-refractivity contribution in [3.8, 4) is 0 Å². The lowest BCUT2D eigenvalue weighted by Crippen LogP contribution is -2.12. The lowest BCUT2D eigenvalue weighted by Gasteiger charge is -2.01. The van der Waals surface area contributed by atoms with Crippen LogP contribution in [0.25, 0.3) is 6.08 Å². The minimum atomic E-state index is -0.594. The van der Waals surface area contributed by atoms with E-state index in [2.05, 4.69) is 5.32 Å². The first kappa shape index (κ1) is 12.6. The predicted molar refractivity (Wildman–Crippen MR) is 71.6 cm³/mol. The summed E-state index contributed by atoms with van der Waals surface area (Å²) in [7, 11) is 0. The van der Waals surface area contributed by atoms with Gasteiger partial charge >= 0.3 is 0 Å². The van der Waals surface area contributed by atoms with Crippen LogP contribution in [0.1, 0.15) is 22.8 Å². The van der Waals surface area contributed by atoms with Crippen LogP contribution in [0.4, 0.5) is 5.69 Å². The largest absolute Gasteiger partial charge is 0.318 e. The average Bonchev–Trinajstić information content (AvgIpc) is 2.62. The second-order valence-corrected chi connectivity index (χ2v) is 4.95. The number of para-hydroxylation sites is 1. The molecule has 1 aliphatic heterocycles. The van der Waals surface area contributed by atoms with Gasteiger partial charge in [-0.25, -0.2) is 0 Å². The van der Waals surface area contributed by atoms with Crippen molar-refractivity contribution in [3.63, 3.8) is 0 Å². The Hall–Kier alpha value is -1.88. The highest BCUT2D eigenvalue weighted by Crippen LogP contribution is 2.28. The maximum atomic E-state index is 11.5. The van der Waals surface area contributed by atoms with Crippen molar-refractivity contribution in [1.29, 1.82) is 0 Å². The molecule has 2 rings (SSSR count). The fourth-order valence-electron chi connectivity index (χ4n) is 1.67. The summed E-state index contributed by atoms with van der Waals surface area (Å²) in [5, 5.41) is 2.61. The molecule has 0 aliphatic carbocycles. The Morgan fingerprint density at radius 3 is 2.89 bits per heavy atom. The Labute approximate surface area is 108 Å². The smallest absolute Gasteiger partial charge is 0.296 e. The van der Waals surface area contributed by atoms with E-state index in [1.807, 2.05) is 12.1 Å². The van der Waals surface area contributed by atoms with Crippen molar-refractivity contribution in [2.75, 3.05) is 11.1 Å². The summed E-state index contributed by atoms with van der Waals surface area (Å²) < 4.78 is 0. The van der Waals surface area contributed by atoms with Crippen LogP contribution in [0.3, 0.4) is 0 Å². The topological polar surface area (TPSA) is 63.2 Å². The molecule has 5 heteroatoms. The van der Waals surface area contributed by atoms with Crippen LogP contribution in [0.2, 0.25) is 0 Å². The first-order chi connectivity index (χ1) is 8.59. The molecule has 18 heavy (non-hydrogen) atoms. The molecule has 4 nitrogen and oxygen atoms in total. The first-order valence-corrected chi connectivity index (χ1v) is 6.37. The summed E-state index contributed by atoms with van der Waals surface area (Å²) in [6.07, 6.45) is 3.63. The molecule has 0 atom stereocenters. The number of Topliss-reactive ketones (excluding diaryl/α,β-unsaturated/α-hetero) is 1. The van der Waals surface area contributed by atoms with Gasteiger partial charge in [0.1, 0.15) is 0 Å². The van der Waals surface area contributed by atoms with Crippen molar-refractivity contribution in [2.45, 2.75) is 6.92 Å². The van der Waals surface area contributed by atoms with E-state index in [1.54, 1.807) is 18.2 Å². The van der Waals surface area contributed by atoms with E-state index in [9.17, 15) is 14.4 Å². The normalized spacial score (nSPS) is 13.8. The molecule has 92 valence electrons. The van der Waals surface area contributed by atoms with Crippen LogP contribution in [-0.4, -0.2) is 22.6 Å². The summed E-state index contributed by atoms with van der Waals surface area (Å²) in [5.41, 5.74) is 1.73. The summed E-state index contributed by atoms with van der Waals surface area (Å²) in [5.74, 6) is -0.525. The zero-order chi connectivity index (χ0) is 13.1. The minimum Gasteiger partial charge on any atom is -0.318 e. The lowest BCUT2D eigenvalue weighted by atomic mass is 10.1. The number of hydrogen-bond acceptors (Lipinski definition) is 4. The molecule has 0 saturated heterocycles. The molecular formula is C13H11NO3S. The van der Waals surface area contributed by atoms with Gasteiger partial charge < -0.3 is 5.32 Å². The zero-order valence-electron chi connectivity index (χ0n) is 9.73. The first-order valence-electron chi connectivity index (χ1n) is 5.38. The molecule has 1 aromatic carbocycles. The van der Waals surface area contributed by atoms with Crippen LogP contribution in [0.5, 0.6) is 0 Å². The van der Waals surface area contributed by atoms with Crippen LogP contribution < -0.4 is 5.32 Å². The number of nitrogens with one attached hydrogen (secondary N) is 1. The van der Waals surface area contributed by atoms with Crippen molar-refractivity contribution in [3.05, 3.63) is 35.4 Å². The Kier molecular flexibility index (Phi) is 3.62. The molecule has 0 spiro atoms. The van der Waals surface area contributed by atoms with Crippen LogP contribution in [-0.2, 0) is 9.59 Å². The van der Waals surface area contributed by atoms with E-state index >= 15 is 0 Å². The average molecular weight is 261 g/mol. The molecule has 0 bridgehead atoms. The summed E-state index contributed by atoms with van der Waals surface area (Å²) >= 11 is 1.20. The third-order valence-electron chi connectivity index (χ3n) is 2.47. The maximum Gasteiger partial charge on any atom is 0.296 e. The van der Waals surface area contributed by atoms with Gasteiger partial charge in [-0.1, -0.05) is 36.0 Å². The van der Waals surface area contributed by atoms with Gasteiger partial charge in [-0.15, -0.1) is 0 Å². The molecule has 0 saturated carbocycles. The van der Waals surface area contributed by atoms with Gasteiger partial charge in [0.05, 0.1) is 11.3 Å². The second-order valence-electron chi connectivity index (χ2n) is 3.76. The highest BCUT2D eigenvalue weighted by Gasteiger charge is 2.28. The third kappa shape index (κ3) is 2.51. The second kappa shape index (κ2) is 5.18. The fraction of sp³-hybridized carbons (Fsp3) is 0.154. The van der Waals surface area contributed by atoms with E-state index in [1.165, 1.54) is 18.7 Å². The van der Waals surface area contributed by atoms with E-state index in [-0.39, 0.29) is 5.12 Å². The Balaban J connectivity index is 2.19. The highest BCUT2D eigenvalue weighted by atomic mass is 32.2. The van der Waals surface area contributed by atoms with Crippen LogP contribution in [0, 0.1) is 0 Å². The van der Waals surface area contributed by atoms with Gasteiger partial charge in [0.2, 0.25) is 0 Å². The number of carbonyl (C=O) groups is 3. The summed E-state index contributed by atoms with van der Waals surface area (Å²) in [6.45, 7) is 1.51. The SMILES string of the molecule is CC(=O)SCC=Cc1cccc2c1NC(=O)C2=O. The number of thioether (sulfide) groups is 1. The standard InChI is InChI=1S/C13H11NO3S/c1-8(15)18-7-3-5-9-4-2-6-10-11(9)14-13(17)12(10)16/h2-6H,7H2,1H3,(H,14,16,17). The van der Waals surface area contributed by atoms with Crippen molar-refractivity contribution < 1.29 is 14.4 Å². The molecule has 0 radical (unpaired) electrons. The van der Waals surface area contributed by atoms with Crippen LogP contribution in [0.15, 0.2) is 24.3 Å². The molecule has 0 fully saturated rings. The van der Waals surface area contributed by atoms with E-state index in [0.717, 1.165) is 5.56 Å². The fourth-order valence-corrected chi connectivity index (χ4v) is 2.10. The van der Waals surface area contributed by atoms with E-state index < -0.39 is 11.7 Å². The quantitative estimate of drug-likeness (QED) is 0.846. The van der Waals surface area contributed by atoms with Crippen LogP contribution >= 0.6 is 11.8 Å². The number of rotatable bonds is 3. The molecule has 1 aliphatic rings. The number of amides is 1. The number of carbonyl (C=O) groups excluding carboxylic acids is 3. The molecule has 0 aromatic heterocycles. The summed E-state index contributed by atoms with van der Waals surface area (Å²) in [4.78, 5) is 33.5. The minimum absolute atomic E-state index is 0.0569. The van der Waals surface area contributed by atoms with Crippen molar-refractivity contribution >= 4 is 40.3 Å². The molecule has 1 amide bonds. The van der Waals surface area contributed by atoms with Gasteiger partial charge in [-0.3, -0.25) is 14.4 Å². The van der Waals surface area contributed by atoms with Gasteiger partial charge in [0.15, 0.2) is 5.12 Å². The number of anilines is 1. The molecule has 0 unspecified atom stereocenters. The monoisotopic (exact) mass is 261 g/mol. The third-order valence-corrected chi connectivity index (χ3v) is 3.23. The number of fused-ring (bicyclic) bond motifs is 1. The van der Waals surface area contributed by atoms with Crippen molar-refractivity contribution in [1.82, 2.24) is 0 Å². The van der Waals surface area contributed by atoms with Gasteiger partial charge in [-0.05, 0) is 11.6 Å². The van der Waals surface area contributed by atoms with Crippen molar-refractivity contribution in [2.24, 2.45) is 0 Å². The Morgan fingerprint density at radius 1 is 1.39 bits per heavy atom.